The number of hydrogen-bond acceptors (Lipinski definition) is 8. The largest absolute Gasteiger partial charge is 0.394 e. The van der Waals surface area contributed by atoms with E-state index in [1.165, 1.54) is 161 Å². The maximum absolute atomic E-state index is 13.0. The van der Waals surface area contributed by atoms with Crippen LogP contribution in [0.15, 0.2) is 36.5 Å². The Morgan fingerprint density at radius 2 is 0.969 bits per heavy atom. The highest BCUT2D eigenvalue weighted by Gasteiger charge is 2.44. The Hall–Kier alpha value is -1.59. The normalized spacial score (nSPS) is 20.3. The number of unbranched alkanes of at least 4 members (excludes halogenated alkanes) is 30. The predicted molar refractivity (Wildman–Crippen MR) is 267 cm³/mol. The summed E-state index contributed by atoms with van der Waals surface area (Å²) in [6, 6.07) is -0.734. The summed E-state index contributed by atoms with van der Waals surface area (Å²) in [5.74, 6) is -0.172. The molecular formula is C55H103NO8. The average molecular weight is 906 g/mol. The van der Waals surface area contributed by atoms with E-state index in [4.69, 9.17) is 9.47 Å². The first-order valence-corrected chi connectivity index (χ1v) is 27.2. The maximum Gasteiger partial charge on any atom is 0.220 e. The minimum absolute atomic E-state index is 0.150. The van der Waals surface area contributed by atoms with Crippen molar-refractivity contribution in [3.05, 3.63) is 36.5 Å². The van der Waals surface area contributed by atoms with Gasteiger partial charge in [-0.05, 0) is 44.9 Å². The van der Waals surface area contributed by atoms with Crippen molar-refractivity contribution in [2.45, 2.75) is 294 Å². The third kappa shape index (κ3) is 34.7. The number of amides is 1. The number of nitrogens with one attached hydrogen (secondary N) is 1. The molecule has 0 spiro atoms. The van der Waals surface area contributed by atoms with Gasteiger partial charge in [0, 0.05) is 6.42 Å². The Bertz CT molecular complexity index is 1100. The van der Waals surface area contributed by atoms with Crippen molar-refractivity contribution in [3.63, 3.8) is 0 Å². The standard InChI is InChI=1S/C55H103NO8/c1-3-5-7-9-11-13-15-17-18-19-20-21-22-23-24-25-26-27-28-29-30-31-33-34-36-38-40-42-44-49(58)48(47-63-55-54(62)53(61)52(60)50(46-57)64-55)56-51(59)45-43-41-39-37-35-32-16-14-12-10-8-6-4-2/h6,8,12,14,32,35,48-50,52-55,57-58,60-62H,3-5,7,9-11,13,15-31,33-34,36-47H2,1-2H3,(H,56,59)/b8-6-,14-12-,35-32-. The summed E-state index contributed by atoms with van der Waals surface area (Å²) in [4.78, 5) is 13.0. The molecule has 1 heterocycles. The van der Waals surface area contributed by atoms with Gasteiger partial charge in [-0.3, -0.25) is 4.79 Å². The predicted octanol–water partition coefficient (Wildman–Crippen LogP) is 12.8. The number of aliphatic hydroxyl groups is 5. The van der Waals surface area contributed by atoms with E-state index in [0.29, 0.717) is 12.8 Å². The van der Waals surface area contributed by atoms with E-state index in [-0.39, 0.29) is 12.5 Å². The van der Waals surface area contributed by atoms with Crippen LogP contribution in [-0.2, 0) is 14.3 Å². The molecule has 1 amide bonds. The maximum atomic E-state index is 13.0. The molecule has 0 aromatic carbocycles. The van der Waals surface area contributed by atoms with Gasteiger partial charge in [-0.1, -0.05) is 237 Å². The van der Waals surface area contributed by atoms with Crippen LogP contribution in [0.2, 0.25) is 0 Å². The lowest BCUT2D eigenvalue weighted by molar-refractivity contribution is -0.302. The minimum atomic E-state index is -1.56. The van der Waals surface area contributed by atoms with Gasteiger partial charge in [0.25, 0.3) is 0 Å². The van der Waals surface area contributed by atoms with Crippen molar-refractivity contribution in [3.8, 4) is 0 Å². The fourth-order valence-electron chi connectivity index (χ4n) is 8.71. The molecule has 0 radical (unpaired) electrons. The number of ether oxygens (including phenoxy) is 2. The molecule has 0 aliphatic carbocycles. The number of aliphatic hydroxyl groups excluding tert-OH is 5. The zero-order valence-electron chi connectivity index (χ0n) is 41.5. The van der Waals surface area contributed by atoms with Gasteiger partial charge >= 0.3 is 0 Å². The number of hydrogen-bond donors (Lipinski definition) is 6. The Balaban J connectivity index is 2.17. The molecule has 9 nitrogen and oxygen atoms in total. The molecule has 7 atom stereocenters. The van der Waals surface area contributed by atoms with Crippen molar-refractivity contribution >= 4 is 5.91 Å². The van der Waals surface area contributed by atoms with Crippen LogP contribution in [0, 0.1) is 0 Å². The molecule has 0 saturated carbocycles. The van der Waals surface area contributed by atoms with Crippen LogP contribution in [0.5, 0.6) is 0 Å². The molecule has 64 heavy (non-hydrogen) atoms. The highest BCUT2D eigenvalue weighted by atomic mass is 16.7. The average Bonchev–Trinajstić information content (AvgIpc) is 3.29. The molecule has 1 saturated heterocycles. The molecule has 1 aliphatic heterocycles. The molecule has 6 N–H and O–H groups in total. The fourth-order valence-corrected chi connectivity index (χ4v) is 8.71. The molecule has 0 aromatic heterocycles. The van der Waals surface area contributed by atoms with E-state index >= 15 is 0 Å². The van der Waals surface area contributed by atoms with Crippen LogP contribution >= 0.6 is 0 Å². The minimum Gasteiger partial charge on any atom is -0.394 e. The van der Waals surface area contributed by atoms with Crippen LogP contribution < -0.4 is 5.32 Å². The summed E-state index contributed by atoms with van der Waals surface area (Å²) in [5.41, 5.74) is 0. The van der Waals surface area contributed by atoms with E-state index in [0.717, 1.165) is 64.2 Å². The number of carbonyl (C=O) groups excluding carboxylic acids is 1. The number of rotatable bonds is 46. The summed E-state index contributed by atoms with van der Waals surface area (Å²) in [6.45, 7) is 3.72. The molecule has 0 bridgehead atoms. The lowest BCUT2D eigenvalue weighted by atomic mass is 9.99. The van der Waals surface area contributed by atoms with Gasteiger partial charge in [0.05, 0.1) is 25.4 Å². The lowest BCUT2D eigenvalue weighted by Crippen LogP contribution is -2.60. The third-order valence-electron chi connectivity index (χ3n) is 13.0. The van der Waals surface area contributed by atoms with E-state index in [1.807, 2.05) is 0 Å². The first kappa shape index (κ1) is 60.4. The summed E-state index contributed by atoms with van der Waals surface area (Å²) in [7, 11) is 0. The highest BCUT2D eigenvalue weighted by Crippen LogP contribution is 2.23. The number of allylic oxidation sites excluding steroid dienone is 6. The van der Waals surface area contributed by atoms with Crippen LogP contribution in [0.1, 0.15) is 251 Å². The zero-order chi connectivity index (χ0) is 46.6. The SMILES string of the molecule is CC/C=C\C/C=C\C/C=C\CCCCCC(=O)NC(COC1OC(CO)C(O)C(O)C1O)C(O)CCCCCCCCCCCCCCCCCCCCCCCCCCCCCC. The molecule has 9 heteroatoms. The summed E-state index contributed by atoms with van der Waals surface area (Å²) in [6.07, 6.45) is 50.4. The topological polar surface area (TPSA) is 149 Å². The Morgan fingerprint density at radius 1 is 0.547 bits per heavy atom. The van der Waals surface area contributed by atoms with Gasteiger partial charge in [-0.2, -0.15) is 0 Å². The summed E-state index contributed by atoms with van der Waals surface area (Å²) in [5, 5.41) is 54.5. The van der Waals surface area contributed by atoms with Crippen LogP contribution in [0.3, 0.4) is 0 Å². The highest BCUT2D eigenvalue weighted by molar-refractivity contribution is 5.76. The monoisotopic (exact) mass is 906 g/mol. The van der Waals surface area contributed by atoms with Crippen LogP contribution in [0.4, 0.5) is 0 Å². The van der Waals surface area contributed by atoms with Crippen molar-refractivity contribution in [2.24, 2.45) is 0 Å². The van der Waals surface area contributed by atoms with Gasteiger partial charge in [0.2, 0.25) is 5.91 Å². The fraction of sp³-hybridized carbons (Fsp3) is 0.873. The van der Waals surface area contributed by atoms with Crippen molar-refractivity contribution in [2.75, 3.05) is 13.2 Å². The molecule has 0 aromatic rings. The second-order valence-corrected chi connectivity index (χ2v) is 19.0. The molecular weight excluding hydrogens is 803 g/mol. The Morgan fingerprint density at radius 3 is 1.42 bits per heavy atom. The van der Waals surface area contributed by atoms with E-state index < -0.39 is 49.5 Å². The first-order valence-electron chi connectivity index (χ1n) is 27.2. The van der Waals surface area contributed by atoms with E-state index in [2.05, 4.69) is 55.6 Å². The molecule has 7 unspecified atom stereocenters. The second kappa shape index (κ2) is 45.2. The van der Waals surface area contributed by atoms with Crippen molar-refractivity contribution in [1.29, 1.82) is 0 Å². The van der Waals surface area contributed by atoms with Gasteiger partial charge in [-0.15, -0.1) is 0 Å². The van der Waals surface area contributed by atoms with Gasteiger partial charge in [0.1, 0.15) is 24.4 Å². The first-order chi connectivity index (χ1) is 31.3. The quantitative estimate of drug-likeness (QED) is 0.0261. The second-order valence-electron chi connectivity index (χ2n) is 19.0. The number of carbonyl (C=O) groups is 1. The van der Waals surface area contributed by atoms with Crippen molar-refractivity contribution < 1.29 is 39.8 Å². The third-order valence-corrected chi connectivity index (χ3v) is 13.0. The molecule has 1 rings (SSSR count). The summed E-state index contributed by atoms with van der Waals surface area (Å²) >= 11 is 0. The van der Waals surface area contributed by atoms with Crippen LogP contribution in [-0.4, -0.2) is 87.5 Å². The smallest absolute Gasteiger partial charge is 0.220 e. The molecule has 1 fully saturated rings. The van der Waals surface area contributed by atoms with Crippen LogP contribution in [0.25, 0.3) is 0 Å². The summed E-state index contributed by atoms with van der Waals surface area (Å²) < 4.78 is 11.3. The Kier molecular flexibility index (Phi) is 42.7. The Labute approximate surface area is 393 Å². The zero-order valence-corrected chi connectivity index (χ0v) is 41.5. The van der Waals surface area contributed by atoms with Crippen molar-refractivity contribution in [1.82, 2.24) is 5.32 Å². The van der Waals surface area contributed by atoms with E-state index in [1.54, 1.807) is 0 Å². The molecule has 376 valence electrons. The van der Waals surface area contributed by atoms with Gasteiger partial charge in [0.15, 0.2) is 6.29 Å². The lowest BCUT2D eigenvalue weighted by Gasteiger charge is -2.40. The van der Waals surface area contributed by atoms with Gasteiger partial charge < -0.3 is 40.3 Å². The van der Waals surface area contributed by atoms with Gasteiger partial charge in [-0.25, -0.2) is 0 Å². The molecule has 1 aliphatic rings. The van der Waals surface area contributed by atoms with E-state index in [9.17, 15) is 30.3 Å².